The predicted molar refractivity (Wildman–Crippen MR) is 121 cm³/mol. The van der Waals surface area contributed by atoms with Gasteiger partial charge in [-0.25, -0.2) is 0 Å². The molecule has 5 nitrogen and oxygen atoms in total. The van der Waals surface area contributed by atoms with Gasteiger partial charge in [-0.1, -0.05) is 39.0 Å². The molecule has 1 aliphatic rings. The molecule has 180 valence electrons. The molecule has 0 radical (unpaired) electrons. The van der Waals surface area contributed by atoms with Gasteiger partial charge in [-0.05, 0) is 50.3 Å². The molecule has 1 amide bonds. The first kappa shape index (κ1) is 25.0. The molecular formula is C25H32F3N3O2. The van der Waals surface area contributed by atoms with Crippen molar-refractivity contribution in [1.29, 1.82) is 0 Å². The minimum absolute atomic E-state index is 0.163. The summed E-state index contributed by atoms with van der Waals surface area (Å²) in [5, 5.41) is 9.98. The van der Waals surface area contributed by atoms with Crippen molar-refractivity contribution in [2.75, 3.05) is 0 Å². The number of hydrogen-bond acceptors (Lipinski definition) is 2. The van der Waals surface area contributed by atoms with Crippen molar-refractivity contribution in [3.8, 4) is 0 Å². The summed E-state index contributed by atoms with van der Waals surface area (Å²) in [6.07, 6.45) is 0.504. The number of benzene rings is 1. The van der Waals surface area contributed by atoms with Crippen molar-refractivity contribution in [3.05, 3.63) is 58.2 Å². The highest BCUT2D eigenvalue weighted by molar-refractivity contribution is 5.98. The second-order valence-electron chi connectivity index (χ2n) is 10.4. The quantitative estimate of drug-likeness (QED) is 0.672. The van der Waals surface area contributed by atoms with Gasteiger partial charge in [0.2, 0.25) is 0 Å². The monoisotopic (exact) mass is 463 g/mol. The normalized spacial score (nSPS) is 16.1. The van der Waals surface area contributed by atoms with E-state index in [1.54, 1.807) is 0 Å². The third kappa shape index (κ3) is 6.25. The zero-order chi connectivity index (χ0) is 24.8. The minimum atomic E-state index is -4.59. The Morgan fingerprint density at radius 1 is 1.15 bits per heavy atom. The largest absolute Gasteiger partial charge is 0.416 e. The maximum atomic E-state index is 13.4. The highest BCUT2D eigenvalue weighted by atomic mass is 19.4. The smallest absolute Gasteiger partial charge is 0.386 e. The molecule has 1 N–H and O–H groups in total. The molecule has 8 heteroatoms. The highest BCUT2D eigenvalue weighted by Gasteiger charge is 2.32. The van der Waals surface area contributed by atoms with E-state index < -0.39 is 23.2 Å². The fourth-order valence-electron chi connectivity index (χ4n) is 3.65. The Morgan fingerprint density at radius 2 is 1.79 bits per heavy atom. The average Bonchev–Trinajstić information content (AvgIpc) is 3.43. The van der Waals surface area contributed by atoms with E-state index in [9.17, 15) is 23.1 Å². The lowest BCUT2D eigenvalue weighted by atomic mass is 9.92. The topological polar surface area (TPSA) is 59.5 Å². The van der Waals surface area contributed by atoms with E-state index in [1.165, 1.54) is 32.1 Å². The number of hydrogen-bond donors (Lipinski definition) is 1. The van der Waals surface area contributed by atoms with Crippen LogP contribution in [0.2, 0.25) is 0 Å². The van der Waals surface area contributed by atoms with E-state index in [-0.39, 0.29) is 16.5 Å². The number of nitrogens with zero attached hydrogens (tertiary/aromatic N) is 3. The third-order valence-electron chi connectivity index (χ3n) is 5.64. The van der Waals surface area contributed by atoms with E-state index in [2.05, 4.69) is 25.8 Å². The lowest BCUT2D eigenvalue weighted by Gasteiger charge is -2.20. The van der Waals surface area contributed by atoms with Crippen LogP contribution in [-0.4, -0.2) is 26.0 Å². The Bertz CT molecular complexity index is 1140. The zero-order valence-corrected chi connectivity index (χ0v) is 20.0. The van der Waals surface area contributed by atoms with Crippen molar-refractivity contribution in [3.63, 3.8) is 0 Å². The standard InChI is InChI=1S/C25H32F3N3O2/c1-23(2,3)20-14-21(31(30(20)6)15-16-7-8-16)29-22(32)19-13-18(25(26,27)28)10-9-17(19)11-12-24(4,5)33/h9-14,16,33H,7-8,15H2,1-6H3/b12-11+,29-21?. The van der Waals surface area contributed by atoms with Crippen LogP contribution in [0.15, 0.2) is 35.3 Å². The molecule has 0 bridgehead atoms. The number of aromatic nitrogens is 2. The molecular weight excluding hydrogens is 431 g/mol. The Balaban J connectivity index is 2.15. The zero-order valence-electron chi connectivity index (χ0n) is 20.0. The Labute approximate surface area is 192 Å². The maximum absolute atomic E-state index is 13.4. The lowest BCUT2D eigenvalue weighted by molar-refractivity contribution is -0.137. The fraction of sp³-hybridized carbons (Fsp3) is 0.520. The number of rotatable bonds is 5. The summed E-state index contributed by atoms with van der Waals surface area (Å²) in [6.45, 7) is 9.95. The molecule has 2 aromatic rings. The number of amides is 1. The summed E-state index contributed by atoms with van der Waals surface area (Å²) >= 11 is 0. The van der Waals surface area contributed by atoms with Gasteiger partial charge in [0, 0.05) is 36.3 Å². The van der Waals surface area contributed by atoms with Gasteiger partial charge in [0.25, 0.3) is 5.91 Å². The molecule has 0 spiro atoms. The van der Waals surface area contributed by atoms with E-state index >= 15 is 0 Å². The fourth-order valence-corrected chi connectivity index (χ4v) is 3.65. The second kappa shape index (κ2) is 8.63. The molecule has 0 aliphatic heterocycles. The first-order valence-corrected chi connectivity index (χ1v) is 11.1. The Morgan fingerprint density at radius 3 is 2.30 bits per heavy atom. The van der Waals surface area contributed by atoms with Gasteiger partial charge in [-0.2, -0.15) is 18.2 Å². The molecule has 1 aromatic carbocycles. The first-order valence-electron chi connectivity index (χ1n) is 11.1. The second-order valence-corrected chi connectivity index (χ2v) is 10.4. The number of alkyl halides is 3. The Kier molecular flexibility index (Phi) is 6.54. The highest BCUT2D eigenvalue weighted by Crippen LogP contribution is 2.32. The molecule has 1 saturated carbocycles. The van der Waals surface area contributed by atoms with Crippen LogP contribution in [0.4, 0.5) is 13.2 Å². The van der Waals surface area contributed by atoms with Gasteiger partial charge >= 0.3 is 6.18 Å². The van der Waals surface area contributed by atoms with Crippen molar-refractivity contribution in [2.24, 2.45) is 18.0 Å². The van der Waals surface area contributed by atoms with Gasteiger partial charge < -0.3 is 5.11 Å². The number of aliphatic hydroxyl groups is 1. The van der Waals surface area contributed by atoms with Crippen molar-refractivity contribution >= 4 is 12.0 Å². The van der Waals surface area contributed by atoms with E-state index in [0.717, 1.165) is 30.7 Å². The Hall–Kier alpha value is -2.61. The van der Waals surface area contributed by atoms with Gasteiger partial charge in [0.05, 0.1) is 11.2 Å². The maximum Gasteiger partial charge on any atom is 0.416 e. The van der Waals surface area contributed by atoms with Crippen LogP contribution in [0.5, 0.6) is 0 Å². The van der Waals surface area contributed by atoms with Crippen LogP contribution in [0.3, 0.4) is 0 Å². The summed E-state index contributed by atoms with van der Waals surface area (Å²) in [5.41, 5.74) is -0.808. The first-order chi connectivity index (χ1) is 15.1. The van der Waals surface area contributed by atoms with E-state index in [1.807, 2.05) is 22.5 Å². The average molecular weight is 464 g/mol. The summed E-state index contributed by atoms with van der Waals surface area (Å²) < 4.78 is 44.0. The van der Waals surface area contributed by atoms with Crippen LogP contribution in [0.1, 0.15) is 74.6 Å². The van der Waals surface area contributed by atoms with Crippen LogP contribution in [-0.2, 0) is 25.2 Å². The number of halogens is 3. The van der Waals surface area contributed by atoms with Gasteiger partial charge in [0.15, 0.2) is 5.49 Å². The van der Waals surface area contributed by atoms with E-state index in [4.69, 9.17) is 0 Å². The molecule has 0 saturated heterocycles. The molecule has 33 heavy (non-hydrogen) atoms. The van der Waals surface area contributed by atoms with Crippen molar-refractivity contribution in [2.45, 2.75) is 71.2 Å². The van der Waals surface area contributed by atoms with E-state index in [0.29, 0.717) is 18.0 Å². The third-order valence-corrected chi connectivity index (χ3v) is 5.64. The van der Waals surface area contributed by atoms with Crippen LogP contribution in [0, 0.1) is 5.92 Å². The summed E-state index contributed by atoms with van der Waals surface area (Å²) in [6, 6.07) is 4.82. The molecule has 3 rings (SSSR count). The summed E-state index contributed by atoms with van der Waals surface area (Å²) in [4.78, 5) is 17.5. The predicted octanol–water partition coefficient (Wildman–Crippen LogP) is 5.08. The van der Waals surface area contributed by atoms with Crippen LogP contribution >= 0.6 is 0 Å². The molecule has 0 atom stereocenters. The van der Waals surface area contributed by atoms with Gasteiger partial charge in [-0.15, -0.1) is 0 Å². The molecule has 1 heterocycles. The SMILES string of the molecule is Cn1c(C(C)(C)C)cc(=NC(=O)c2cc(C(F)(F)F)ccc2/C=C/C(C)(C)O)n1CC1CC1. The van der Waals surface area contributed by atoms with Crippen LogP contribution < -0.4 is 5.49 Å². The molecule has 0 unspecified atom stereocenters. The molecule has 1 aliphatic carbocycles. The molecule has 1 fully saturated rings. The minimum Gasteiger partial charge on any atom is -0.386 e. The van der Waals surface area contributed by atoms with Gasteiger partial charge in [0.1, 0.15) is 0 Å². The lowest BCUT2D eigenvalue weighted by Crippen LogP contribution is -2.26. The summed E-state index contributed by atoms with van der Waals surface area (Å²) in [5.74, 6) is -0.244. The summed E-state index contributed by atoms with van der Waals surface area (Å²) in [7, 11) is 1.91. The van der Waals surface area contributed by atoms with Crippen LogP contribution in [0.25, 0.3) is 6.08 Å². The number of carbonyl (C=O) groups is 1. The number of carbonyl (C=O) groups excluding carboxylic acids is 1. The molecule has 1 aromatic heterocycles. The van der Waals surface area contributed by atoms with Gasteiger partial charge in [-0.3, -0.25) is 14.2 Å². The van der Waals surface area contributed by atoms with Crippen molar-refractivity contribution in [1.82, 2.24) is 9.36 Å². The van der Waals surface area contributed by atoms with Crippen molar-refractivity contribution < 1.29 is 23.1 Å².